The lowest BCUT2D eigenvalue weighted by Crippen LogP contribution is -2.48. The monoisotopic (exact) mass is 194 g/mol. The molecule has 2 aliphatic carbocycles. The molecule has 2 aliphatic heterocycles. The van der Waals surface area contributed by atoms with Gasteiger partial charge in [0, 0.05) is 5.92 Å². The van der Waals surface area contributed by atoms with Crippen molar-refractivity contribution in [1.82, 2.24) is 0 Å². The average Bonchev–Trinajstić information content (AvgIpc) is 2.89. The van der Waals surface area contributed by atoms with Gasteiger partial charge in [-0.3, -0.25) is 0 Å². The van der Waals surface area contributed by atoms with E-state index in [1.54, 1.807) is 0 Å². The van der Waals surface area contributed by atoms with Crippen LogP contribution < -0.4 is 0 Å². The van der Waals surface area contributed by atoms with E-state index < -0.39 is 6.10 Å². The van der Waals surface area contributed by atoms with Crippen LogP contribution >= 0.6 is 0 Å². The summed E-state index contributed by atoms with van der Waals surface area (Å²) in [6.45, 7) is 0.681. The molecule has 1 saturated carbocycles. The Morgan fingerprint density at radius 3 is 2.79 bits per heavy atom. The molecule has 4 rings (SSSR count). The van der Waals surface area contributed by atoms with Crippen LogP contribution in [0.5, 0.6) is 0 Å². The number of aliphatic hydroxyl groups excluding tert-OH is 1. The maximum absolute atomic E-state index is 10.1. The summed E-state index contributed by atoms with van der Waals surface area (Å²) in [7, 11) is 0. The van der Waals surface area contributed by atoms with Crippen LogP contribution in [0.3, 0.4) is 0 Å². The van der Waals surface area contributed by atoms with Gasteiger partial charge in [0.25, 0.3) is 0 Å². The Hall–Kier alpha value is -0.380. The van der Waals surface area contributed by atoms with E-state index in [1.165, 1.54) is 6.42 Å². The molecule has 0 spiro atoms. The maximum atomic E-state index is 10.1. The molecular formula is C11H14O3. The van der Waals surface area contributed by atoms with Crippen LogP contribution in [0.1, 0.15) is 6.42 Å². The van der Waals surface area contributed by atoms with Gasteiger partial charge in [-0.1, -0.05) is 12.2 Å². The van der Waals surface area contributed by atoms with Gasteiger partial charge in [-0.2, -0.15) is 0 Å². The Kier molecular flexibility index (Phi) is 1.35. The summed E-state index contributed by atoms with van der Waals surface area (Å²) in [4.78, 5) is 0. The maximum Gasteiger partial charge on any atom is 0.184 e. The zero-order chi connectivity index (χ0) is 9.28. The van der Waals surface area contributed by atoms with E-state index in [9.17, 15) is 5.11 Å². The Morgan fingerprint density at radius 1 is 1.14 bits per heavy atom. The van der Waals surface area contributed by atoms with Crippen LogP contribution in [0.4, 0.5) is 0 Å². The van der Waals surface area contributed by atoms with Crippen LogP contribution in [0, 0.1) is 23.7 Å². The first-order chi connectivity index (χ1) is 6.84. The quantitative estimate of drug-likeness (QED) is 0.572. The van der Waals surface area contributed by atoms with Crippen molar-refractivity contribution in [3.05, 3.63) is 12.2 Å². The van der Waals surface area contributed by atoms with Crippen molar-refractivity contribution in [2.45, 2.75) is 24.9 Å². The number of allylic oxidation sites excluding steroid dienone is 2. The Balaban J connectivity index is 1.78. The highest BCUT2D eigenvalue weighted by Crippen LogP contribution is 2.55. The van der Waals surface area contributed by atoms with Crippen molar-refractivity contribution < 1.29 is 14.6 Å². The topological polar surface area (TPSA) is 38.7 Å². The van der Waals surface area contributed by atoms with Crippen molar-refractivity contribution >= 4 is 0 Å². The summed E-state index contributed by atoms with van der Waals surface area (Å²) in [6.07, 6.45) is 5.31. The summed E-state index contributed by atoms with van der Waals surface area (Å²) < 4.78 is 11.1. The molecule has 14 heavy (non-hydrogen) atoms. The number of aliphatic hydroxyl groups is 1. The molecule has 2 heterocycles. The standard InChI is InChI=1S/C11H14O3/c12-10-9-6-2-1-5(3-6)8(9)7-4-13-11(10)14-7/h1-2,5-12H,3-4H2. The zero-order valence-corrected chi connectivity index (χ0v) is 7.87. The number of hydrogen-bond donors (Lipinski definition) is 1. The van der Waals surface area contributed by atoms with E-state index in [0.717, 1.165) is 0 Å². The zero-order valence-electron chi connectivity index (χ0n) is 7.87. The average molecular weight is 194 g/mol. The predicted octanol–water partition coefficient (Wildman–Crippen LogP) is 0.541. The highest BCUT2D eigenvalue weighted by atomic mass is 16.7. The molecule has 0 aromatic rings. The Morgan fingerprint density at radius 2 is 1.93 bits per heavy atom. The van der Waals surface area contributed by atoms with Gasteiger partial charge < -0.3 is 14.6 Å². The molecule has 2 saturated heterocycles. The molecule has 3 fully saturated rings. The Labute approximate surface area is 82.7 Å². The molecule has 3 nitrogen and oxygen atoms in total. The van der Waals surface area contributed by atoms with Crippen molar-refractivity contribution in [2.24, 2.45) is 23.7 Å². The minimum Gasteiger partial charge on any atom is -0.388 e. The number of fused-ring (bicyclic) bond motifs is 8. The smallest absolute Gasteiger partial charge is 0.184 e. The summed E-state index contributed by atoms with van der Waals surface area (Å²) in [5, 5.41) is 10.1. The molecule has 76 valence electrons. The normalized spacial score (nSPS) is 63.4. The second kappa shape index (κ2) is 2.40. The molecule has 1 N–H and O–H groups in total. The molecule has 0 amide bonds. The van der Waals surface area contributed by atoms with Gasteiger partial charge in [0.1, 0.15) is 6.10 Å². The SMILES string of the molecule is OC1C2OCC(O2)C2C3C=CC(C3)C12. The molecule has 0 radical (unpaired) electrons. The van der Waals surface area contributed by atoms with E-state index in [0.29, 0.717) is 30.3 Å². The van der Waals surface area contributed by atoms with Gasteiger partial charge in [-0.15, -0.1) is 0 Å². The van der Waals surface area contributed by atoms with Gasteiger partial charge in [-0.25, -0.2) is 0 Å². The van der Waals surface area contributed by atoms with Crippen LogP contribution in [0.25, 0.3) is 0 Å². The van der Waals surface area contributed by atoms with Crippen LogP contribution in [0.15, 0.2) is 12.2 Å². The number of ether oxygens (including phenoxy) is 2. The van der Waals surface area contributed by atoms with E-state index in [1.807, 2.05) is 0 Å². The van der Waals surface area contributed by atoms with Gasteiger partial charge in [0.2, 0.25) is 0 Å². The van der Waals surface area contributed by atoms with Crippen molar-refractivity contribution in [3.63, 3.8) is 0 Å². The molecule has 0 aromatic heterocycles. The van der Waals surface area contributed by atoms with Gasteiger partial charge >= 0.3 is 0 Å². The summed E-state index contributed by atoms with van der Waals surface area (Å²) in [5.41, 5.74) is 0. The summed E-state index contributed by atoms with van der Waals surface area (Å²) in [6, 6.07) is 0. The van der Waals surface area contributed by atoms with E-state index in [-0.39, 0.29) is 12.4 Å². The second-order valence-corrected chi connectivity index (χ2v) is 4.97. The van der Waals surface area contributed by atoms with E-state index in [4.69, 9.17) is 9.47 Å². The first-order valence-electron chi connectivity index (χ1n) is 5.48. The van der Waals surface area contributed by atoms with Crippen LogP contribution in [0.2, 0.25) is 0 Å². The van der Waals surface area contributed by atoms with Crippen LogP contribution in [-0.4, -0.2) is 30.2 Å². The molecular weight excluding hydrogens is 180 g/mol. The van der Waals surface area contributed by atoms with Crippen molar-refractivity contribution in [1.29, 1.82) is 0 Å². The minimum absolute atomic E-state index is 0.244. The van der Waals surface area contributed by atoms with Crippen molar-refractivity contribution in [3.8, 4) is 0 Å². The van der Waals surface area contributed by atoms with Gasteiger partial charge in [0.15, 0.2) is 6.29 Å². The largest absolute Gasteiger partial charge is 0.388 e. The number of rotatable bonds is 0. The molecule has 4 bridgehead atoms. The van der Waals surface area contributed by atoms with E-state index >= 15 is 0 Å². The highest BCUT2D eigenvalue weighted by molar-refractivity contribution is 5.18. The minimum atomic E-state index is -0.404. The molecule has 7 atom stereocenters. The fraction of sp³-hybridized carbons (Fsp3) is 0.818. The van der Waals surface area contributed by atoms with E-state index in [2.05, 4.69) is 12.2 Å². The van der Waals surface area contributed by atoms with Crippen molar-refractivity contribution in [2.75, 3.05) is 6.61 Å². The second-order valence-electron chi connectivity index (χ2n) is 4.97. The fourth-order valence-corrected chi connectivity index (χ4v) is 3.91. The third kappa shape index (κ3) is 0.757. The Bertz CT molecular complexity index is 289. The van der Waals surface area contributed by atoms with Gasteiger partial charge in [0.05, 0.1) is 12.7 Å². The predicted molar refractivity (Wildman–Crippen MR) is 48.3 cm³/mol. The highest BCUT2D eigenvalue weighted by Gasteiger charge is 2.59. The molecule has 3 heteroatoms. The third-order valence-electron chi connectivity index (χ3n) is 4.42. The molecule has 7 unspecified atom stereocenters. The van der Waals surface area contributed by atoms with Crippen LogP contribution in [-0.2, 0) is 9.47 Å². The first-order valence-corrected chi connectivity index (χ1v) is 5.48. The molecule has 0 aromatic carbocycles. The molecule has 4 aliphatic rings. The lowest BCUT2D eigenvalue weighted by molar-refractivity contribution is -0.195. The lowest BCUT2D eigenvalue weighted by atomic mass is 9.75. The summed E-state index contributed by atoms with van der Waals surface area (Å²) >= 11 is 0. The third-order valence-corrected chi connectivity index (χ3v) is 4.42. The number of hydrogen-bond acceptors (Lipinski definition) is 3. The lowest BCUT2D eigenvalue weighted by Gasteiger charge is -2.39. The summed E-state index contributed by atoms with van der Waals surface area (Å²) in [5.74, 6) is 2.12. The van der Waals surface area contributed by atoms with Gasteiger partial charge in [-0.05, 0) is 24.2 Å². The first kappa shape index (κ1) is 7.85. The fourth-order valence-electron chi connectivity index (χ4n) is 3.91.